The van der Waals surface area contributed by atoms with Crippen molar-refractivity contribution in [1.82, 2.24) is 9.97 Å². The van der Waals surface area contributed by atoms with Crippen LogP contribution >= 0.6 is 0 Å². The molecule has 0 spiro atoms. The third-order valence-electron chi connectivity index (χ3n) is 4.73. The molecule has 4 rings (SSSR count). The largest absolute Gasteiger partial charge is 0.368 e. The van der Waals surface area contributed by atoms with Crippen LogP contribution in [0, 0.1) is 5.82 Å². The minimum atomic E-state index is -3.90. The number of halogens is 1. The molecule has 0 aliphatic carbocycles. The van der Waals surface area contributed by atoms with Gasteiger partial charge in [0.1, 0.15) is 5.82 Å². The maximum Gasteiger partial charge on any atom is 0.263 e. The molecule has 1 fully saturated rings. The van der Waals surface area contributed by atoms with Crippen molar-refractivity contribution in [2.24, 2.45) is 0 Å². The topological polar surface area (TPSA) is 78.4 Å². The Bertz CT molecular complexity index is 1070. The van der Waals surface area contributed by atoms with Crippen molar-refractivity contribution in [3.63, 3.8) is 0 Å². The number of nitrogens with zero attached hydrogens (tertiary/aromatic N) is 4. The maximum atomic E-state index is 13.1. The lowest BCUT2D eigenvalue weighted by Crippen LogP contribution is -2.47. The summed E-state index contributed by atoms with van der Waals surface area (Å²) in [6.45, 7) is 2.92. The van der Waals surface area contributed by atoms with Crippen LogP contribution < -0.4 is 14.5 Å². The minimum Gasteiger partial charge on any atom is -0.368 e. The van der Waals surface area contributed by atoms with Gasteiger partial charge in [-0.1, -0.05) is 18.2 Å². The number of sulfonamides is 1. The fourth-order valence-electron chi connectivity index (χ4n) is 3.25. The lowest BCUT2D eigenvalue weighted by atomic mass is 10.2. The summed E-state index contributed by atoms with van der Waals surface area (Å²) >= 11 is 0. The first-order valence-electron chi connectivity index (χ1n) is 9.17. The zero-order chi connectivity index (χ0) is 20.3. The second-order valence-electron chi connectivity index (χ2n) is 6.60. The van der Waals surface area contributed by atoms with Crippen LogP contribution in [0.1, 0.15) is 0 Å². The van der Waals surface area contributed by atoms with Crippen LogP contribution in [0.4, 0.5) is 21.7 Å². The van der Waals surface area contributed by atoms with E-state index in [1.54, 1.807) is 0 Å². The van der Waals surface area contributed by atoms with Gasteiger partial charge in [-0.25, -0.2) is 22.8 Å². The Labute approximate surface area is 168 Å². The van der Waals surface area contributed by atoms with E-state index in [4.69, 9.17) is 0 Å². The molecule has 0 bridgehead atoms. The molecule has 1 aliphatic heterocycles. The van der Waals surface area contributed by atoms with E-state index in [1.807, 2.05) is 23.1 Å². The third kappa shape index (κ3) is 4.29. The summed E-state index contributed by atoms with van der Waals surface area (Å²) in [7, 11) is -3.90. The Morgan fingerprint density at radius 2 is 1.45 bits per heavy atom. The first-order valence-corrected chi connectivity index (χ1v) is 10.7. The number of benzene rings is 2. The Morgan fingerprint density at radius 1 is 0.828 bits per heavy atom. The van der Waals surface area contributed by atoms with Crippen LogP contribution in [0.15, 0.2) is 71.9 Å². The number of hydrogen-bond donors (Lipinski definition) is 1. The summed E-state index contributed by atoms with van der Waals surface area (Å²) in [5.74, 6) is 0.135. The molecule has 0 saturated carbocycles. The average Bonchev–Trinajstić information content (AvgIpc) is 2.75. The van der Waals surface area contributed by atoms with E-state index in [0.29, 0.717) is 18.9 Å². The SMILES string of the molecule is O=S(=O)(Nc1nccnc1N1CCN(c2ccccc2)CC1)c1ccc(F)cc1. The highest BCUT2D eigenvalue weighted by Gasteiger charge is 2.24. The second-order valence-corrected chi connectivity index (χ2v) is 8.28. The number of nitrogens with one attached hydrogen (secondary N) is 1. The molecule has 1 N–H and O–H groups in total. The van der Waals surface area contributed by atoms with Crippen LogP contribution in [0.25, 0.3) is 0 Å². The molecule has 7 nitrogen and oxygen atoms in total. The average molecular weight is 413 g/mol. The van der Waals surface area contributed by atoms with Crippen molar-refractivity contribution in [3.8, 4) is 0 Å². The highest BCUT2D eigenvalue weighted by atomic mass is 32.2. The van der Waals surface area contributed by atoms with E-state index in [-0.39, 0.29) is 10.7 Å². The van der Waals surface area contributed by atoms with Crippen molar-refractivity contribution in [1.29, 1.82) is 0 Å². The van der Waals surface area contributed by atoms with Crippen molar-refractivity contribution >= 4 is 27.3 Å². The standard InChI is InChI=1S/C20H20FN5O2S/c21-16-6-8-18(9-7-16)29(27,28)24-19-20(23-11-10-22-19)26-14-12-25(13-15-26)17-4-2-1-3-5-17/h1-11H,12-15H2,(H,22,24). The number of para-hydroxylation sites is 1. The van der Waals surface area contributed by atoms with Gasteiger partial charge in [-0.15, -0.1) is 0 Å². The summed E-state index contributed by atoms with van der Waals surface area (Å²) in [5.41, 5.74) is 1.16. The minimum absolute atomic E-state index is 0.0376. The van der Waals surface area contributed by atoms with E-state index in [0.717, 1.165) is 30.9 Å². The number of rotatable bonds is 5. The molecule has 3 aromatic rings. The van der Waals surface area contributed by atoms with Crippen LogP contribution in [0.2, 0.25) is 0 Å². The molecule has 0 amide bonds. The van der Waals surface area contributed by atoms with Gasteiger partial charge in [0.25, 0.3) is 10.0 Å². The van der Waals surface area contributed by atoms with E-state index >= 15 is 0 Å². The Balaban J connectivity index is 1.51. The van der Waals surface area contributed by atoms with E-state index in [1.165, 1.54) is 24.5 Å². The van der Waals surface area contributed by atoms with Crippen molar-refractivity contribution in [2.45, 2.75) is 4.90 Å². The zero-order valence-electron chi connectivity index (χ0n) is 15.6. The second kappa shape index (κ2) is 8.04. The van der Waals surface area contributed by atoms with Crippen LogP contribution in [-0.2, 0) is 10.0 Å². The fraction of sp³-hybridized carbons (Fsp3) is 0.200. The lowest BCUT2D eigenvalue weighted by molar-refractivity contribution is 0.599. The van der Waals surface area contributed by atoms with Crippen molar-refractivity contribution in [2.75, 3.05) is 40.7 Å². The number of aromatic nitrogens is 2. The van der Waals surface area contributed by atoms with Crippen LogP contribution in [0.5, 0.6) is 0 Å². The summed E-state index contributed by atoms with van der Waals surface area (Å²) in [5, 5.41) is 0. The van der Waals surface area contributed by atoms with Gasteiger partial charge in [-0.05, 0) is 36.4 Å². The van der Waals surface area contributed by atoms with E-state index in [2.05, 4.69) is 31.7 Å². The van der Waals surface area contributed by atoms with E-state index < -0.39 is 15.8 Å². The number of anilines is 3. The summed E-state index contributed by atoms with van der Waals surface area (Å²) in [6, 6.07) is 14.8. The van der Waals surface area contributed by atoms with Gasteiger partial charge in [-0.2, -0.15) is 0 Å². The third-order valence-corrected chi connectivity index (χ3v) is 6.09. The lowest BCUT2D eigenvalue weighted by Gasteiger charge is -2.37. The maximum absolute atomic E-state index is 13.1. The molecule has 0 unspecified atom stereocenters. The molecule has 0 radical (unpaired) electrons. The molecule has 9 heteroatoms. The normalized spacial score (nSPS) is 14.7. The quantitative estimate of drug-likeness (QED) is 0.693. The molecule has 1 saturated heterocycles. The summed E-state index contributed by atoms with van der Waals surface area (Å²) in [4.78, 5) is 12.8. The van der Waals surface area contributed by atoms with Crippen LogP contribution in [-0.4, -0.2) is 44.6 Å². The fourth-order valence-corrected chi connectivity index (χ4v) is 4.26. The Hall–Kier alpha value is -3.20. The van der Waals surface area contributed by atoms with Gasteiger partial charge in [-0.3, -0.25) is 4.72 Å². The number of hydrogen-bond acceptors (Lipinski definition) is 6. The molecular weight excluding hydrogens is 393 g/mol. The smallest absolute Gasteiger partial charge is 0.263 e. The Morgan fingerprint density at radius 3 is 2.14 bits per heavy atom. The molecule has 2 heterocycles. The zero-order valence-corrected chi connectivity index (χ0v) is 16.4. The first-order chi connectivity index (χ1) is 14.0. The van der Waals surface area contributed by atoms with Gasteiger partial charge in [0, 0.05) is 44.3 Å². The molecule has 29 heavy (non-hydrogen) atoms. The summed E-state index contributed by atoms with van der Waals surface area (Å²) < 4.78 is 40.9. The predicted octanol–water partition coefficient (Wildman–Crippen LogP) is 2.74. The molecule has 1 aliphatic rings. The molecule has 1 aromatic heterocycles. The van der Waals surface area contributed by atoms with E-state index in [9.17, 15) is 12.8 Å². The predicted molar refractivity (Wildman–Crippen MR) is 110 cm³/mol. The van der Waals surface area contributed by atoms with Crippen molar-refractivity contribution in [3.05, 3.63) is 72.8 Å². The number of piperazine rings is 1. The molecule has 150 valence electrons. The van der Waals surface area contributed by atoms with Gasteiger partial charge < -0.3 is 9.80 Å². The van der Waals surface area contributed by atoms with Gasteiger partial charge in [0.05, 0.1) is 4.90 Å². The Kier molecular flexibility index (Phi) is 5.30. The van der Waals surface area contributed by atoms with Crippen molar-refractivity contribution < 1.29 is 12.8 Å². The highest BCUT2D eigenvalue weighted by molar-refractivity contribution is 7.92. The van der Waals surface area contributed by atoms with Gasteiger partial charge in [0.15, 0.2) is 11.6 Å². The molecule has 0 atom stereocenters. The highest BCUT2D eigenvalue weighted by Crippen LogP contribution is 2.25. The van der Waals surface area contributed by atoms with Crippen LogP contribution in [0.3, 0.4) is 0 Å². The van der Waals surface area contributed by atoms with Gasteiger partial charge >= 0.3 is 0 Å². The molecule has 2 aromatic carbocycles. The summed E-state index contributed by atoms with van der Waals surface area (Å²) in [6.07, 6.45) is 2.97. The molecular formula is C20H20FN5O2S. The van der Waals surface area contributed by atoms with Gasteiger partial charge in [0.2, 0.25) is 0 Å². The monoisotopic (exact) mass is 413 g/mol. The first kappa shape index (κ1) is 19.1.